The molecule has 0 amide bonds. The van der Waals surface area contributed by atoms with Crippen molar-refractivity contribution in [3.8, 4) is 11.3 Å². The fraction of sp³-hybridized carbons (Fsp3) is 0.680. The maximum atomic E-state index is 13.2. The molecule has 8 heteroatoms. The lowest BCUT2D eigenvalue weighted by Crippen LogP contribution is -2.35. The molecule has 3 atom stereocenters. The standard InChI is InChI=1S/C25H31F3N4S/c1-15(2)32-22(10-21(30-32)16-7-17(12-29-11-16)25(26,27)28)23-19-8-18(9-20(19)23)31-5-3-24(13-31)4-6-33-14-24/h7,10-12,15,18-20,23H,3-6,8-9,13-14H2,1-2H3/t18?,19-,20-,23?,24-/m0/s1. The fourth-order valence-electron chi connectivity index (χ4n) is 6.75. The first-order chi connectivity index (χ1) is 15.7. The number of hydrogen-bond donors (Lipinski definition) is 0. The number of pyridine rings is 1. The van der Waals surface area contributed by atoms with Crippen molar-refractivity contribution in [3.63, 3.8) is 0 Å². The van der Waals surface area contributed by atoms with Crippen LogP contribution >= 0.6 is 11.8 Å². The number of fused-ring (bicyclic) bond motifs is 1. The van der Waals surface area contributed by atoms with Crippen LogP contribution in [0.1, 0.15) is 62.7 Å². The van der Waals surface area contributed by atoms with E-state index in [9.17, 15) is 13.2 Å². The van der Waals surface area contributed by atoms with Crippen molar-refractivity contribution in [2.24, 2.45) is 17.3 Å². The van der Waals surface area contributed by atoms with E-state index >= 15 is 0 Å². The van der Waals surface area contributed by atoms with E-state index in [0.717, 1.165) is 12.3 Å². The van der Waals surface area contributed by atoms with E-state index in [0.29, 0.717) is 40.5 Å². The second kappa shape index (κ2) is 7.74. The molecule has 4 aliphatic rings. The summed E-state index contributed by atoms with van der Waals surface area (Å²) in [5.41, 5.74) is 2.08. The molecule has 4 fully saturated rings. The highest BCUT2D eigenvalue weighted by atomic mass is 32.2. The lowest BCUT2D eigenvalue weighted by atomic mass is 9.87. The van der Waals surface area contributed by atoms with Crippen LogP contribution in [0.5, 0.6) is 0 Å². The Morgan fingerprint density at radius 1 is 1.12 bits per heavy atom. The predicted molar refractivity (Wildman–Crippen MR) is 124 cm³/mol. The highest BCUT2D eigenvalue weighted by Crippen LogP contribution is 2.64. The van der Waals surface area contributed by atoms with Gasteiger partial charge in [-0.3, -0.25) is 14.6 Å². The van der Waals surface area contributed by atoms with E-state index in [1.54, 1.807) is 0 Å². The third-order valence-electron chi connectivity index (χ3n) is 8.55. The van der Waals surface area contributed by atoms with Crippen LogP contribution in [0.3, 0.4) is 0 Å². The molecule has 6 rings (SSSR count). The van der Waals surface area contributed by atoms with Crippen LogP contribution in [-0.4, -0.2) is 50.3 Å². The molecule has 2 aliphatic carbocycles. The summed E-state index contributed by atoms with van der Waals surface area (Å²) in [4.78, 5) is 6.61. The smallest absolute Gasteiger partial charge is 0.300 e. The van der Waals surface area contributed by atoms with Crippen molar-refractivity contribution in [3.05, 3.63) is 35.8 Å². The highest BCUT2D eigenvalue weighted by Gasteiger charge is 2.59. The molecular weight excluding hydrogens is 445 g/mol. The summed E-state index contributed by atoms with van der Waals surface area (Å²) in [6.45, 7) is 6.72. The first-order valence-corrected chi connectivity index (χ1v) is 13.3. The molecule has 0 bridgehead atoms. The van der Waals surface area contributed by atoms with Crippen LogP contribution in [0, 0.1) is 17.3 Å². The van der Waals surface area contributed by atoms with Gasteiger partial charge in [-0.05, 0) is 81.2 Å². The summed E-state index contributed by atoms with van der Waals surface area (Å²) in [5.74, 6) is 4.53. The van der Waals surface area contributed by atoms with Crippen molar-refractivity contribution in [1.82, 2.24) is 19.7 Å². The van der Waals surface area contributed by atoms with Crippen LogP contribution in [0.4, 0.5) is 13.2 Å². The molecule has 0 N–H and O–H groups in total. The molecule has 4 nitrogen and oxygen atoms in total. The van der Waals surface area contributed by atoms with Gasteiger partial charge < -0.3 is 0 Å². The van der Waals surface area contributed by atoms with E-state index in [-0.39, 0.29) is 6.04 Å². The summed E-state index contributed by atoms with van der Waals surface area (Å²) >= 11 is 2.13. The van der Waals surface area contributed by atoms with E-state index in [1.165, 1.54) is 62.2 Å². The molecule has 2 aliphatic heterocycles. The Kier molecular flexibility index (Phi) is 5.15. The van der Waals surface area contributed by atoms with Crippen LogP contribution in [0.2, 0.25) is 0 Å². The summed E-state index contributed by atoms with van der Waals surface area (Å²) in [5, 5.41) is 4.73. The first kappa shape index (κ1) is 22.0. The van der Waals surface area contributed by atoms with Gasteiger partial charge in [0.1, 0.15) is 0 Å². The normalized spacial score (nSPS) is 32.4. The fourth-order valence-corrected chi connectivity index (χ4v) is 8.28. The summed E-state index contributed by atoms with van der Waals surface area (Å²) in [6.07, 6.45) is 3.22. The second-order valence-corrected chi connectivity index (χ2v) is 12.1. The predicted octanol–water partition coefficient (Wildman–Crippen LogP) is 5.87. The zero-order chi connectivity index (χ0) is 23.0. The maximum absolute atomic E-state index is 13.2. The lowest BCUT2D eigenvalue weighted by Gasteiger charge is -2.29. The van der Waals surface area contributed by atoms with Gasteiger partial charge in [0.2, 0.25) is 0 Å². The van der Waals surface area contributed by atoms with E-state index in [1.807, 2.05) is 10.7 Å². The van der Waals surface area contributed by atoms with Crippen LogP contribution in [-0.2, 0) is 6.18 Å². The topological polar surface area (TPSA) is 34.0 Å². The van der Waals surface area contributed by atoms with Gasteiger partial charge in [-0.1, -0.05) is 0 Å². The molecule has 0 radical (unpaired) electrons. The molecule has 1 spiro atoms. The number of halogens is 3. The molecule has 33 heavy (non-hydrogen) atoms. The van der Waals surface area contributed by atoms with E-state index in [2.05, 4.69) is 35.5 Å². The Hall–Kier alpha value is -1.54. The second-order valence-electron chi connectivity index (χ2n) is 11.0. The van der Waals surface area contributed by atoms with Crippen molar-refractivity contribution in [2.45, 2.75) is 63.7 Å². The number of likely N-dealkylation sites (tertiary alicyclic amines) is 1. The number of thioether (sulfide) groups is 1. The molecule has 2 saturated heterocycles. The van der Waals surface area contributed by atoms with Gasteiger partial charge in [-0.25, -0.2) is 0 Å². The maximum Gasteiger partial charge on any atom is 0.417 e. The molecule has 4 heterocycles. The summed E-state index contributed by atoms with van der Waals surface area (Å²) in [7, 11) is 0. The van der Waals surface area contributed by atoms with E-state index < -0.39 is 11.7 Å². The third-order valence-corrected chi connectivity index (χ3v) is 9.86. The molecule has 2 saturated carbocycles. The minimum Gasteiger partial charge on any atom is -0.300 e. The molecule has 0 unspecified atom stereocenters. The minimum absolute atomic E-state index is 0.169. The Morgan fingerprint density at radius 2 is 1.91 bits per heavy atom. The Bertz CT molecular complexity index is 1030. The highest BCUT2D eigenvalue weighted by molar-refractivity contribution is 7.99. The lowest BCUT2D eigenvalue weighted by molar-refractivity contribution is -0.137. The molecule has 178 valence electrons. The molecule has 2 aromatic rings. The van der Waals surface area contributed by atoms with Crippen LogP contribution in [0.15, 0.2) is 24.5 Å². The van der Waals surface area contributed by atoms with E-state index in [4.69, 9.17) is 5.10 Å². The van der Waals surface area contributed by atoms with Crippen molar-refractivity contribution in [1.29, 1.82) is 0 Å². The van der Waals surface area contributed by atoms with Crippen molar-refractivity contribution >= 4 is 11.8 Å². The van der Waals surface area contributed by atoms with Gasteiger partial charge in [0, 0.05) is 54.0 Å². The Morgan fingerprint density at radius 3 is 2.58 bits per heavy atom. The van der Waals surface area contributed by atoms with Gasteiger partial charge in [-0.15, -0.1) is 0 Å². The monoisotopic (exact) mass is 476 g/mol. The van der Waals surface area contributed by atoms with Gasteiger partial charge in [0.25, 0.3) is 0 Å². The third kappa shape index (κ3) is 3.81. The zero-order valence-corrected chi connectivity index (χ0v) is 20.0. The SMILES string of the molecule is CC(C)n1nc(-c2cncc(C(F)(F)F)c2)cc1C1[C@H]2CC(N3CC[C@]4(CCSC4)C3)C[C@H]12. The largest absolute Gasteiger partial charge is 0.417 e. The first-order valence-electron chi connectivity index (χ1n) is 12.2. The number of alkyl halides is 3. The quantitative estimate of drug-likeness (QED) is 0.553. The van der Waals surface area contributed by atoms with Crippen LogP contribution < -0.4 is 0 Å². The van der Waals surface area contributed by atoms with Crippen molar-refractivity contribution < 1.29 is 13.2 Å². The molecule has 2 aromatic heterocycles. The number of nitrogens with zero attached hydrogens (tertiary/aromatic N) is 4. The summed E-state index contributed by atoms with van der Waals surface area (Å²) in [6, 6.07) is 4.07. The van der Waals surface area contributed by atoms with Gasteiger partial charge in [-0.2, -0.15) is 30.0 Å². The van der Waals surface area contributed by atoms with Gasteiger partial charge >= 0.3 is 6.18 Å². The zero-order valence-electron chi connectivity index (χ0n) is 19.2. The Balaban J connectivity index is 1.19. The summed E-state index contributed by atoms with van der Waals surface area (Å²) < 4.78 is 41.6. The average Bonchev–Trinajstić information content (AvgIpc) is 3.37. The number of aromatic nitrogens is 3. The van der Waals surface area contributed by atoms with Crippen LogP contribution in [0.25, 0.3) is 11.3 Å². The van der Waals surface area contributed by atoms with Crippen molar-refractivity contribution in [2.75, 3.05) is 24.6 Å². The minimum atomic E-state index is -4.40. The average molecular weight is 477 g/mol. The van der Waals surface area contributed by atoms with Gasteiger partial charge in [0.15, 0.2) is 0 Å². The number of rotatable bonds is 4. The molecular formula is C25H31F3N4S. The van der Waals surface area contributed by atoms with Gasteiger partial charge in [0.05, 0.1) is 11.3 Å². The Labute approximate surface area is 197 Å². The molecule has 0 aromatic carbocycles. The number of hydrogen-bond acceptors (Lipinski definition) is 4.